The van der Waals surface area contributed by atoms with E-state index in [9.17, 15) is 9.59 Å². The smallest absolute Gasteiger partial charge is 0.497 e. The molecule has 17 nitrogen and oxygen atoms in total. The van der Waals surface area contributed by atoms with Crippen molar-refractivity contribution in [1.82, 2.24) is 4.98 Å². The Morgan fingerprint density at radius 2 is 0.592 bits per heavy atom. The van der Waals surface area contributed by atoms with Gasteiger partial charge in [0.05, 0.1) is 25.2 Å². The topological polar surface area (TPSA) is 195 Å². The molecule has 9 heterocycles. The van der Waals surface area contributed by atoms with Crippen LogP contribution in [0.15, 0.2) is 108 Å². The van der Waals surface area contributed by atoms with Crippen LogP contribution in [0.3, 0.4) is 0 Å². The molecule has 3 aromatic heterocycles. The van der Waals surface area contributed by atoms with Crippen LogP contribution in [0.4, 0.5) is 0 Å². The molecule has 7 aliphatic rings. The molecule has 1 saturated carbocycles. The van der Waals surface area contributed by atoms with Crippen LogP contribution in [0.1, 0.15) is 455 Å². The molecule has 0 bridgehead atoms. The summed E-state index contributed by atoms with van der Waals surface area (Å²) < 4.78 is 78.5. The van der Waals surface area contributed by atoms with E-state index in [0.29, 0.717) is 25.1 Å². The van der Waals surface area contributed by atoms with E-state index < -0.39 is 11.6 Å². The average Bonchev–Trinajstić information content (AvgIpc) is 1.57. The van der Waals surface area contributed by atoms with Crippen LogP contribution < -0.4 is 11.6 Å². The van der Waals surface area contributed by atoms with Crippen LogP contribution in [0, 0.1) is 70.4 Å². The van der Waals surface area contributed by atoms with Gasteiger partial charge in [-0.2, -0.15) is 0 Å². The van der Waals surface area contributed by atoms with Gasteiger partial charge >= 0.3 is 11.6 Å². The second-order valence-corrected chi connectivity index (χ2v) is 54.9. The number of aromatic amines is 1. The first-order valence-electron chi connectivity index (χ1n) is 46.2. The van der Waals surface area contributed by atoms with Crippen LogP contribution in [-0.4, -0.2) is 43.4 Å². The summed E-state index contributed by atoms with van der Waals surface area (Å²) in [6.45, 7) is 127. The second kappa shape index (κ2) is 38.7. The highest BCUT2D eigenvalue weighted by Gasteiger charge is 2.57. The number of aromatic nitrogens is 1. The Morgan fingerprint density at radius 3 is 0.816 bits per heavy atom. The summed E-state index contributed by atoms with van der Waals surface area (Å²) in [5, 5.41) is 0. The number of hydrogen-bond donors (Lipinski definition) is 1. The molecule has 1 aliphatic carbocycles. The molecule has 0 amide bonds. The second-order valence-electron chi connectivity index (χ2n) is 54.9. The van der Waals surface area contributed by atoms with Gasteiger partial charge in [-0.15, -0.1) is 0 Å². The Hall–Kier alpha value is -6.26. The lowest BCUT2D eigenvalue weighted by molar-refractivity contribution is -0.135. The molecule has 0 atom stereocenters. The molecule has 1 fully saturated rings. The van der Waals surface area contributed by atoms with Gasteiger partial charge in [-0.05, 0) is 39.0 Å². The number of allylic oxidation sites excluding steroid dienone is 10. The minimum Gasteiger partial charge on any atom is -0.497 e. The predicted octanol–water partition coefficient (Wildman–Crippen LogP) is 31.9. The molecular formula is C108H191NO16. The number of H-pyrrole nitrogens is 1. The minimum absolute atomic E-state index is 0.00359. The van der Waals surface area contributed by atoms with Gasteiger partial charge in [-0.3, -0.25) is 4.98 Å². The van der Waals surface area contributed by atoms with Crippen LogP contribution in [0.25, 0.3) is 0 Å². The summed E-state index contributed by atoms with van der Waals surface area (Å²) in [5.74, 6) is 11.9. The van der Waals surface area contributed by atoms with Gasteiger partial charge in [0.25, 0.3) is 5.79 Å². The molecule has 17 heteroatoms. The Bertz CT molecular complexity index is 3870. The maximum Gasteiger partial charge on any atom is 0.519 e. The highest BCUT2D eigenvalue weighted by molar-refractivity contribution is 5.32. The lowest BCUT2D eigenvalue weighted by Gasteiger charge is -2.33. The quantitative estimate of drug-likeness (QED) is 0.223. The van der Waals surface area contributed by atoms with Gasteiger partial charge in [0.15, 0.2) is 11.5 Å². The lowest BCUT2D eigenvalue weighted by atomic mass is 9.69. The summed E-state index contributed by atoms with van der Waals surface area (Å²) >= 11 is 0. The maximum absolute atomic E-state index is 11.2. The van der Waals surface area contributed by atoms with E-state index in [0.717, 1.165) is 95.8 Å². The molecule has 3 aromatic rings. The van der Waals surface area contributed by atoms with E-state index in [1.807, 2.05) is 76.2 Å². The van der Waals surface area contributed by atoms with Crippen molar-refractivity contribution in [2.24, 2.45) is 70.4 Å². The van der Waals surface area contributed by atoms with Crippen molar-refractivity contribution in [3.63, 3.8) is 0 Å². The van der Waals surface area contributed by atoms with Gasteiger partial charge in [0.1, 0.15) is 69.1 Å². The van der Waals surface area contributed by atoms with Crippen LogP contribution in [0.5, 0.6) is 0 Å². The molecule has 1 N–H and O–H groups in total. The van der Waals surface area contributed by atoms with Crippen molar-refractivity contribution < 1.29 is 65.0 Å². The zero-order valence-electron chi connectivity index (χ0n) is 91.6. The third kappa shape index (κ3) is 34.2. The van der Waals surface area contributed by atoms with E-state index in [2.05, 4.69) is 336 Å². The Labute approximate surface area is 764 Å². The van der Waals surface area contributed by atoms with E-state index >= 15 is 0 Å². The predicted molar refractivity (Wildman–Crippen MR) is 518 cm³/mol. The summed E-state index contributed by atoms with van der Waals surface area (Å²) in [4.78, 5) is 25.0. The fourth-order valence-electron chi connectivity index (χ4n) is 14.8. The number of rotatable bonds is 0. The van der Waals surface area contributed by atoms with E-state index in [1.165, 1.54) is 28.2 Å². The van der Waals surface area contributed by atoms with Gasteiger partial charge in [0, 0.05) is 120 Å². The zero-order chi connectivity index (χ0) is 99.0. The largest absolute Gasteiger partial charge is 0.519 e. The van der Waals surface area contributed by atoms with Crippen molar-refractivity contribution in [2.45, 2.75) is 465 Å². The zero-order valence-corrected chi connectivity index (χ0v) is 91.6. The normalized spacial score (nSPS) is 18.3. The Balaban J connectivity index is 0.000000477. The summed E-state index contributed by atoms with van der Waals surface area (Å²) in [7, 11) is 0. The van der Waals surface area contributed by atoms with E-state index in [1.54, 1.807) is 6.26 Å². The van der Waals surface area contributed by atoms with Gasteiger partial charge in [-0.1, -0.05) is 388 Å². The first-order chi connectivity index (χ1) is 54.7. The van der Waals surface area contributed by atoms with E-state index in [-0.39, 0.29) is 114 Å². The Kier molecular flexibility index (Phi) is 35.5. The lowest BCUT2D eigenvalue weighted by Crippen LogP contribution is -2.26. The summed E-state index contributed by atoms with van der Waals surface area (Å²) in [6, 6.07) is 2.08. The number of ether oxygens (including phenoxy) is 10. The highest BCUT2D eigenvalue weighted by Crippen LogP contribution is 2.57. The molecule has 0 radical (unpaired) electrons. The van der Waals surface area contributed by atoms with E-state index in [4.69, 9.17) is 65.0 Å². The molecule has 125 heavy (non-hydrogen) atoms. The van der Waals surface area contributed by atoms with Crippen LogP contribution in [0.2, 0.25) is 0 Å². The maximum atomic E-state index is 11.2. The first-order valence-corrected chi connectivity index (χ1v) is 46.2. The van der Waals surface area contributed by atoms with Gasteiger partial charge in [-0.25, -0.2) is 9.59 Å². The number of hydrogen-bond acceptors (Lipinski definition) is 16. The fourth-order valence-corrected chi connectivity index (χ4v) is 14.8. The molecule has 724 valence electrons. The summed E-state index contributed by atoms with van der Waals surface area (Å²) in [6.07, 6.45) is 4.97. The average molecular weight is 1760 g/mol. The number of nitrogens with one attached hydrogen (secondary N) is 1. The molecule has 6 aliphatic heterocycles. The third-order valence-corrected chi connectivity index (χ3v) is 20.6. The molecule has 0 saturated heterocycles. The standard InChI is InChI=1S/C14H26O.C13H22O2.C13H24O2.C12H22O.C12H20O.C11H19NO2.C11H18O3.2C11H20O2/c1-12(2,3)10-11(13(4,5)6)15-9-14(10,7)8;1-11(2,3)9-10(12(4,5)6)15-13(14-9)7-8-13;1-11(2,3)9-10(12(4,5)6)15-13(7,8)14-9;2*1-11(2,3)9-7-8-13-10(9)12(4,5)6;1-10(2,3)7-8(11(4,5)6)14-9(13)12-7;1-10(2,3)7-8(11(4,5)6)14-9(12)13-7;2*1-10(2,3)8-9(11(4,5)6)13-7-12-8/h9H2,1-8H3;7-8H2,1-6H3;1-8H3;7-8H2,1-6H3;7-8H,1-6H3;1-6H3,(H,12,13);1-6H3;2*7H2,1-6H3. The van der Waals surface area contributed by atoms with Crippen molar-refractivity contribution in [1.29, 1.82) is 0 Å². The molecule has 0 unspecified atom stereocenters. The third-order valence-electron chi connectivity index (χ3n) is 20.6. The monoisotopic (exact) mass is 1760 g/mol. The van der Waals surface area contributed by atoms with Gasteiger partial charge < -0.3 is 65.0 Å². The Morgan fingerprint density at radius 1 is 0.288 bits per heavy atom. The number of oxazole rings is 1. The minimum atomic E-state index is -0.611. The molecular weight excluding hydrogens is 1570 g/mol. The molecule has 10 rings (SSSR count). The van der Waals surface area contributed by atoms with Gasteiger partial charge in [0.2, 0.25) is 19.4 Å². The summed E-state index contributed by atoms with van der Waals surface area (Å²) in [5.41, 5.74) is 6.02. The fraction of sp³-hybridized carbons (Fsp3) is 0.796. The van der Waals surface area contributed by atoms with Crippen molar-refractivity contribution in [3.8, 4) is 0 Å². The van der Waals surface area contributed by atoms with Crippen LogP contribution >= 0.6 is 0 Å². The number of furan rings is 1. The van der Waals surface area contributed by atoms with Crippen molar-refractivity contribution in [3.05, 3.63) is 137 Å². The van der Waals surface area contributed by atoms with Crippen molar-refractivity contribution in [2.75, 3.05) is 26.8 Å². The molecule has 0 aromatic carbocycles. The molecule has 1 spiro atoms. The first kappa shape index (κ1) is 115. The van der Waals surface area contributed by atoms with Crippen molar-refractivity contribution >= 4 is 0 Å². The van der Waals surface area contributed by atoms with Crippen LogP contribution in [-0.2, 0) is 79.9 Å². The SMILES string of the molecule is CC(C)(C)C1=C(C(C)(C)C)C(C)(C)CO1.CC(C)(C)C1=C(C(C)(C)C)OC2(CC2)O1.CC(C)(C)C1=C(C(C)(C)C)OCC1.CC(C)(C)C1=C(C(C)(C)C)OCO1.CC(C)(C)C1=C(C(C)(C)C)OCO1.CC(C)(C)c1[nH]c(=O)oc1C(C)(C)C.CC(C)(C)c1ccoc1C(C)(C)C.CC(C)(C)c1oc(=O)oc1C(C)(C)C.CC1(C)OC(C(C)(C)C)=C(C(C)(C)C)O1. The highest BCUT2D eigenvalue weighted by atomic mass is 16.7.